The first kappa shape index (κ1) is 11.0. The highest BCUT2D eigenvalue weighted by molar-refractivity contribution is 7.10. The fraction of sp³-hybridized carbons (Fsp3) is 0.545. The van der Waals surface area contributed by atoms with Gasteiger partial charge < -0.3 is 4.90 Å². The second-order valence-corrected chi connectivity index (χ2v) is 5.18. The fourth-order valence-electron chi connectivity index (χ4n) is 1.60. The fourth-order valence-corrected chi connectivity index (χ4v) is 2.66. The Kier molecular flexibility index (Phi) is 3.32. The molecular formula is C11H14ClNOS. The normalized spacial score (nSPS) is 15.3. The molecule has 0 spiro atoms. The van der Waals surface area contributed by atoms with Gasteiger partial charge in [-0.2, -0.15) is 0 Å². The Balaban J connectivity index is 2.06. The zero-order valence-electron chi connectivity index (χ0n) is 8.70. The van der Waals surface area contributed by atoms with Crippen LogP contribution in [0.1, 0.15) is 23.3 Å². The maximum atomic E-state index is 11.6. The highest BCUT2D eigenvalue weighted by atomic mass is 35.5. The van der Waals surface area contributed by atoms with E-state index in [1.165, 1.54) is 10.4 Å². The number of thiophene rings is 1. The second kappa shape index (κ2) is 4.54. The van der Waals surface area contributed by atoms with Gasteiger partial charge in [0.05, 0.1) is 6.54 Å². The molecule has 1 aliphatic carbocycles. The van der Waals surface area contributed by atoms with E-state index in [-0.39, 0.29) is 11.8 Å². The molecule has 1 saturated carbocycles. The van der Waals surface area contributed by atoms with Crippen molar-refractivity contribution in [2.75, 3.05) is 5.88 Å². The third-order valence-corrected chi connectivity index (χ3v) is 3.94. The Morgan fingerprint density at radius 3 is 2.87 bits per heavy atom. The zero-order valence-corrected chi connectivity index (χ0v) is 10.3. The molecule has 1 aromatic heterocycles. The van der Waals surface area contributed by atoms with Gasteiger partial charge in [0.2, 0.25) is 5.91 Å². The maximum absolute atomic E-state index is 11.6. The molecule has 0 atom stereocenters. The van der Waals surface area contributed by atoms with Crippen molar-refractivity contribution in [2.24, 2.45) is 0 Å². The van der Waals surface area contributed by atoms with E-state index >= 15 is 0 Å². The van der Waals surface area contributed by atoms with Gasteiger partial charge in [0, 0.05) is 10.9 Å². The van der Waals surface area contributed by atoms with Gasteiger partial charge in [-0.3, -0.25) is 4.79 Å². The van der Waals surface area contributed by atoms with Gasteiger partial charge in [-0.05, 0) is 36.8 Å². The number of carbonyl (C=O) groups is 1. The highest BCUT2D eigenvalue weighted by Crippen LogP contribution is 2.30. The van der Waals surface area contributed by atoms with Crippen molar-refractivity contribution >= 4 is 28.8 Å². The lowest BCUT2D eigenvalue weighted by Gasteiger charge is -2.21. The summed E-state index contributed by atoms with van der Waals surface area (Å²) in [5.41, 5.74) is 1.27. The molecule has 0 N–H and O–H groups in total. The molecule has 0 saturated heterocycles. The van der Waals surface area contributed by atoms with E-state index in [1.54, 1.807) is 11.3 Å². The number of halogens is 1. The first-order chi connectivity index (χ1) is 7.22. The number of amides is 1. The molecule has 0 radical (unpaired) electrons. The van der Waals surface area contributed by atoms with Crippen LogP contribution in [0, 0.1) is 6.92 Å². The van der Waals surface area contributed by atoms with Crippen molar-refractivity contribution in [3.63, 3.8) is 0 Å². The Hall–Kier alpha value is -0.540. The maximum Gasteiger partial charge on any atom is 0.238 e. The zero-order chi connectivity index (χ0) is 10.8. The molecule has 1 amide bonds. The van der Waals surface area contributed by atoms with E-state index in [9.17, 15) is 4.79 Å². The lowest BCUT2D eigenvalue weighted by Crippen LogP contribution is -2.33. The molecule has 2 nitrogen and oxygen atoms in total. The van der Waals surface area contributed by atoms with Crippen LogP contribution in [-0.2, 0) is 11.3 Å². The Labute approximate surface area is 98.8 Å². The molecule has 1 aromatic rings. The third kappa shape index (κ3) is 2.52. The van der Waals surface area contributed by atoms with Gasteiger partial charge in [0.25, 0.3) is 0 Å². The number of hydrogen-bond acceptors (Lipinski definition) is 2. The van der Waals surface area contributed by atoms with Crippen molar-refractivity contribution in [3.8, 4) is 0 Å². The summed E-state index contributed by atoms with van der Waals surface area (Å²) in [6.07, 6.45) is 2.26. The minimum absolute atomic E-state index is 0.0620. The lowest BCUT2D eigenvalue weighted by atomic mass is 10.2. The number of carbonyl (C=O) groups excluding carboxylic acids is 1. The van der Waals surface area contributed by atoms with E-state index in [1.807, 2.05) is 4.90 Å². The van der Waals surface area contributed by atoms with E-state index in [0.29, 0.717) is 6.04 Å². The number of alkyl halides is 1. The van der Waals surface area contributed by atoms with Crippen LogP contribution in [0.5, 0.6) is 0 Å². The molecule has 1 aliphatic rings. The van der Waals surface area contributed by atoms with Crippen LogP contribution >= 0.6 is 22.9 Å². The summed E-state index contributed by atoms with van der Waals surface area (Å²) in [5, 5.41) is 2.07. The second-order valence-electron chi connectivity index (χ2n) is 3.91. The topological polar surface area (TPSA) is 20.3 Å². The average molecular weight is 244 g/mol. The molecule has 1 heterocycles. The molecule has 0 bridgehead atoms. The minimum atomic E-state index is 0.0620. The van der Waals surface area contributed by atoms with Gasteiger partial charge >= 0.3 is 0 Å². The van der Waals surface area contributed by atoms with Gasteiger partial charge in [0.1, 0.15) is 5.88 Å². The molecule has 82 valence electrons. The van der Waals surface area contributed by atoms with E-state index < -0.39 is 0 Å². The van der Waals surface area contributed by atoms with E-state index in [2.05, 4.69) is 18.4 Å². The van der Waals surface area contributed by atoms with Gasteiger partial charge in [-0.15, -0.1) is 22.9 Å². The van der Waals surface area contributed by atoms with Crippen LogP contribution in [0.15, 0.2) is 11.4 Å². The van der Waals surface area contributed by atoms with Gasteiger partial charge in [-0.1, -0.05) is 0 Å². The van der Waals surface area contributed by atoms with Crippen molar-refractivity contribution in [1.29, 1.82) is 0 Å². The van der Waals surface area contributed by atoms with Gasteiger partial charge in [0.15, 0.2) is 0 Å². The Morgan fingerprint density at radius 1 is 1.67 bits per heavy atom. The predicted octanol–water partition coefficient (Wildman–Crippen LogP) is 2.79. The van der Waals surface area contributed by atoms with Crippen molar-refractivity contribution < 1.29 is 4.79 Å². The van der Waals surface area contributed by atoms with Crippen molar-refractivity contribution in [1.82, 2.24) is 4.90 Å². The summed E-state index contributed by atoms with van der Waals surface area (Å²) in [4.78, 5) is 14.8. The molecular weight excluding hydrogens is 230 g/mol. The quantitative estimate of drug-likeness (QED) is 0.745. The van der Waals surface area contributed by atoms with E-state index in [4.69, 9.17) is 11.6 Å². The summed E-state index contributed by atoms with van der Waals surface area (Å²) in [7, 11) is 0. The summed E-state index contributed by atoms with van der Waals surface area (Å²) >= 11 is 7.32. The number of hydrogen-bond donors (Lipinski definition) is 0. The summed E-state index contributed by atoms with van der Waals surface area (Å²) in [5.74, 6) is 0.160. The Morgan fingerprint density at radius 2 is 2.40 bits per heavy atom. The van der Waals surface area contributed by atoms with Crippen LogP contribution in [-0.4, -0.2) is 22.7 Å². The van der Waals surface area contributed by atoms with Crippen molar-refractivity contribution in [3.05, 3.63) is 21.9 Å². The SMILES string of the molecule is Cc1ccsc1CN(C(=O)CCl)C1CC1. The molecule has 15 heavy (non-hydrogen) atoms. The summed E-state index contributed by atoms with van der Waals surface area (Å²) in [6, 6.07) is 2.54. The number of rotatable bonds is 4. The van der Waals surface area contributed by atoms with Gasteiger partial charge in [-0.25, -0.2) is 0 Å². The molecule has 2 rings (SSSR count). The molecule has 1 fully saturated rings. The molecule has 0 aliphatic heterocycles. The summed E-state index contributed by atoms with van der Waals surface area (Å²) in [6.45, 7) is 2.82. The van der Waals surface area contributed by atoms with Crippen LogP contribution < -0.4 is 0 Å². The van der Waals surface area contributed by atoms with Crippen molar-refractivity contribution in [2.45, 2.75) is 32.4 Å². The van der Waals surface area contributed by atoms with Crippen LogP contribution in [0.25, 0.3) is 0 Å². The third-order valence-electron chi connectivity index (χ3n) is 2.70. The smallest absolute Gasteiger partial charge is 0.238 e. The standard InChI is InChI=1S/C11H14ClNOS/c1-8-4-5-15-10(8)7-13(9-2-3-9)11(14)6-12/h4-5,9H,2-3,6-7H2,1H3. The lowest BCUT2D eigenvalue weighted by molar-refractivity contribution is -0.129. The van der Waals surface area contributed by atoms with E-state index in [0.717, 1.165) is 19.4 Å². The van der Waals surface area contributed by atoms with Crippen LogP contribution in [0.4, 0.5) is 0 Å². The molecule has 0 unspecified atom stereocenters. The van der Waals surface area contributed by atoms with Crippen LogP contribution in [0.3, 0.4) is 0 Å². The first-order valence-corrected chi connectivity index (χ1v) is 6.52. The summed E-state index contributed by atoms with van der Waals surface area (Å²) < 4.78 is 0. The largest absolute Gasteiger partial charge is 0.334 e. The number of aryl methyl sites for hydroxylation is 1. The monoisotopic (exact) mass is 243 g/mol. The van der Waals surface area contributed by atoms with Crippen LogP contribution in [0.2, 0.25) is 0 Å². The first-order valence-electron chi connectivity index (χ1n) is 5.10. The Bertz CT molecular complexity index is 359. The average Bonchev–Trinajstić information content (AvgIpc) is 2.99. The highest BCUT2D eigenvalue weighted by Gasteiger charge is 2.32. The molecule has 4 heteroatoms. The molecule has 0 aromatic carbocycles. The predicted molar refractivity (Wildman–Crippen MR) is 63.3 cm³/mol. The number of nitrogens with zero attached hydrogens (tertiary/aromatic N) is 1. The minimum Gasteiger partial charge on any atom is -0.334 e.